The molecule has 0 bridgehead atoms. The van der Waals surface area contributed by atoms with Crippen LogP contribution in [-0.4, -0.2) is 38.1 Å². The Morgan fingerprint density at radius 2 is 1.74 bits per heavy atom. The molecule has 2 rings (SSSR count). The van der Waals surface area contributed by atoms with Crippen molar-refractivity contribution in [1.82, 2.24) is 5.32 Å². The number of benzene rings is 2. The number of hydrogen-bond acceptors (Lipinski definition) is 6. The van der Waals surface area contributed by atoms with Gasteiger partial charge in [0.25, 0.3) is 0 Å². The van der Waals surface area contributed by atoms with Gasteiger partial charge in [0.15, 0.2) is 0 Å². The second-order valence-electron chi connectivity index (χ2n) is 5.59. The van der Waals surface area contributed by atoms with E-state index in [4.69, 9.17) is 14.2 Å². The van der Waals surface area contributed by atoms with Crippen LogP contribution in [0.3, 0.4) is 0 Å². The zero-order valence-electron chi connectivity index (χ0n) is 15.3. The first kappa shape index (κ1) is 20.6. The number of thioether (sulfide) groups is 1. The maximum atomic E-state index is 12.0. The van der Waals surface area contributed by atoms with Crippen molar-refractivity contribution < 1.29 is 23.8 Å². The van der Waals surface area contributed by atoms with Gasteiger partial charge in [-0.25, -0.2) is 9.59 Å². The Morgan fingerprint density at radius 1 is 1.04 bits per heavy atom. The molecule has 0 saturated carbocycles. The SMILES string of the molecule is COC(=O)[C@H](CCSc1ccc(OC)cc1)NC(=O)OCc1ccccc1. The lowest BCUT2D eigenvalue weighted by molar-refractivity contribution is -0.143. The maximum Gasteiger partial charge on any atom is 0.408 e. The average molecular weight is 389 g/mol. The highest BCUT2D eigenvalue weighted by Crippen LogP contribution is 2.22. The molecule has 0 spiro atoms. The molecule has 0 radical (unpaired) electrons. The summed E-state index contributed by atoms with van der Waals surface area (Å²) in [5, 5.41) is 2.57. The molecule has 2 aromatic rings. The zero-order chi connectivity index (χ0) is 19.5. The molecular formula is C20H23NO5S. The molecular weight excluding hydrogens is 366 g/mol. The van der Waals surface area contributed by atoms with E-state index in [-0.39, 0.29) is 6.61 Å². The number of rotatable bonds is 9. The molecule has 0 aliphatic heterocycles. The molecule has 0 aliphatic carbocycles. The van der Waals surface area contributed by atoms with Gasteiger partial charge in [0.2, 0.25) is 0 Å². The van der Waals surface area contributed by atoms with Gasteiger partial charge in [-0.05, 0) is 36.2 Å². The van der Waals surface area contributed by atoms with Crippen molar-refractivity contribution in [3.8, 4) is 5.75 Å². The molecule has 0 fully saturated rings. The fourth-order valence-electron chi connectivity index (χ4n) is 2.26. The number of nitrogens with one attached hydrogen (secondary N) is 1. The van der Waals surface area contributed by atoms with Gasteiger partial charge in [0.1, 0.15) is 18.4 Å². The van der Waals surface area contributed by atoms with Crippen molar-refractivity contribution in [1.29, 1.82) is 0 Å². The highest BCUT2D eigenvalue weighted by molar-refractivity contribution is 7.99. The summed E-state index contributed by atoms with van der Waals surface area (Å²) >= 11 is 1.58. The lowest BCUT2D eigenvalue weighted by atomic mass is 10.2. The predicted molar refractivity (Wildman–Crippen MR) is 104 cm³/mol. The molecule has 1 amide bonds. The standard InChI is InChI=1S/C20H23NO5S/c1-24-16-8-10-17(11-9-16)27-13-12-18(19(22)25-2)21-20(23)26-14-15-6-4-3-5-7-15/h3-11,18H,12-14H2,1-2H3,(H,21,23)/t18-/m0/s1. The molecule has 7 heteroatoms. The minimum Gasteiger partial charge on any atom is -0.497 e. The van der Waals surface area contributed by atoms with E-state index in [9.17, 15) is 9.59 Å². The van der Waals surface area contributed by atoms with E-state index in [1.807, 2.05) is 54.6 Å². The summed E-state index contributed by atoms with van der Waals surface area (Å²) in [5.41, 5.74) is 0.873. The van der Waals surface area contributed by atoms with Crippen molar-refractivity contribution in [2.75, 3.05) is 20.0 Å². The second-order valence-corrected chi connectivity index (χ2v) is 6.76. The van der Waals surface area contributed by atoms with Crippen LogP contribution in [0.15, 0.2) is 59.5 Å². The van der Waals surface area contributed by atoms with E-state index >= 15 is 0 Å². The van der Waals surface area contributed by atoms with Crippen LogP contribution in [0.4, 0.5) is 4.79 Å². The third kappa shape index (κ3) is 7.22. The molecule has 1 N–H and O–H groups in total. The number of hydrogen-bond donors (Lipinski definition) is 1. The fraction of sp³-hybridized carbons (Fsp3) is 0.300. The second kappa shape index (κ2) is 11.1. The van der Waals surface area contributed by atoms with Gasteiger partial charge in [0, 0.05) is 10.6 Å². The third-order valence-corrected chi connectivity index (χ3v) is 4.77. The Balaban J connectivity index is 1.81. The number of ether oxygens (including phenoxy) is 3. The lowest BCUT2D eigenvalue weighted by Crippen LogP contribution is -2.42. The predicted octanol–water partition coefficient (Wildman–Crippen LogP) is 3.65. The van der Waals surface area contributed by atoms with Gasteiger partial charge < -0.3 is 19.5 Å². The monoisotopic (exact) mass is 389 g/mol. The first-order chi connectivity index (χ1) is 13.1. The molecule has 0 aromatic heterocycles. The molecule has 0 saturated heterocycles. The Hall–Kier alpha value is -2.67. The Morgan fingerprint density at radius 3 is 2.37 bits per heavy atom. The Kier molecular flexibility index (Phi) is 8.51. The molecule has 6 nitrogen and oxygen atoms in total. The van der Waals surface area contributed by atoms with E-state index < -0.39 is 18.1 Å². The summed E-state index contributed by atoms with van der Waals surface area (Å²) in [6, 6.07) is 16.2. The summed E-state index contributed by atoms with van der Waals surface area (Å²) in [6.45, 7) is 0.140. The number of carbonyl (C=O) groups excluding carboxylic acids is 2. The van der Waals surface area contributed by atoms with Crippen LogP contribution < -0.4 is 10.1 Å². The Labute approximate surface area is 163 Å². The minimum absolute atomic E-state index is 0.140. The van der Waals surface area contributed by atoms with Crippen LogP contribution in [0, 0.1) is 0 Å². The van der Waals surface area contributed by atoms with Gasteiger partial charge in [-0.3, -0.25) is 0 Å². The van der Waals surface area contributed by atoms with Gasteiger partial charge in [-0.15, -0.1) is 11.8 Å². The van der Waals surface area contributed by atoms with Crippen molar-refractivity contribution in [3.05, 3.63) is 60.2 Å². The molecule has 0 unspecified atom stereocenters. The average Bonchev–Trinajstić information content (AvgIpc) is 2.72. The summed E-state index contributed by atoms with van der Waals surface area (Å²) in [6.07, 6.45) is -0.229. The Bertz CT molecular complexity index is 721. The largest absolute Gasteiger partial charge is 0.497 e. The van der Waals surface area contributed by atoms with Crippen LogP contribution in [0.25, 0.3) is 0 Å². The van der Waals surface area contributed by atoms with E-state index in [0.717, 1.165) is 16.2 Å². The van der Waals surface area contributed by atoms with E-state index in [1.54, 1.807) is 18.9 Å². The number of methoxy groups -OCH3 is 2. The molecule has 0 heterocycles. The van der Waals surface area contributed by atoms with Crippen molar-refractivity contribution in [3.63, 3.8) is 0 Å². The first-order valence-electron chi connectivity index (χ1n) is 8.44. The topological polar surface area (TPSA) is 73.9 Å². The van der Waals surface area contributed by atoms with Gasteiger partial charge in [0.05, 0.1) is 14.2 Å². The summed E-state index contributed by atoms with van der Waals surface area (Å²) in [4.78, 5) is 25.0. The normalized spacial score (nSPS) is 11.3. The molecule has 2 aromatic carbocycles. The van der Waals surface area contributed by atoms with E-state index in [0.29, 0.717) is 12.2 Å². The van der Waals surface area contributed by atoms with E-state index in [2.05, 4.69) is 5.32 Å². The highest BCUT2D eigenvalue weighted by Gasteiger charge is 2.22. The number of esters is 1. The number of carbonyl (C=O) groups is 2. The molecule has 144 valence electrons. The van der Waals surface area contributed by atoms with Crippen LogP contribution in [0.1, 0.15) is 12.0 Å². The van der Waals surface area contributed by atoms with Gasteiger partial charge in [-0.2, -0.15) is 0 Å². The maximum absolute atomic E-state index is 12.0. The quantitative estimate of drug-likeness (QED) is 0.521. The minimum atomic E-state index is -0.760. The van der Waals surface area contributed by atoms with Crippen LogP contribution in [-0.2, 0) is 20.9 Å². The summed E-state index contributed by atoms with van der Waals surface area (Å²) < 4.78 is 15.1. The fourth-order valence-corrected chi connectivity index (χ4v) is 3.18. The van der Waals surface area contributed by atoms with Crippen molar-refractivity contribution in [2.45, 2.75) is 24.0 Å². The van der Waals surface area contributed by atoms with Crippen LogP contribution >= 0.6 is 11.8 Å². The molecule has 1 atom stereocenters. The third-order valence-electron chi connectivity index (χ3n) is 3.73. The zero-order valence-corrected chi connectivity index (χ0v) is 16.2. The lowest BCUT2D eigenvalue weighted by Gasteiger charge is -2.16. The van der Waals surface area contributed by atoms with Crippen molar-refractivity contribution >= 4 is 23.8 Å². The number of alkyl carbamates (subject to hydrolysis) is 1. The molecule has 0 aliphatic rings. The number of amides is 1. The summed E-state index contributed by atoms with van der Waals surface area (Å²) in [5.74, 6) is 0.919. The van der Waals surface area contributed by atoms with E-state index in [1.165, 1.54) is 7.11 Å². The smallest absolute Gasteiger partial charge is 0.408 e. The molecule has 27 heavy (non-hydrogen) atoms. The van der Waals surface area contributed by atoms with Crippen LogP contribution in [0.5, 0.6) is 5.75 Å². The van der Waals surface area contributed by atoms with Crippen molar-refractivity contribution in [2.24, 2.45) is 0 Å². The first-order valence-corrected chi connectivity index (χ1v) is 9.43. The highest BCUT2D eigenvalue weighted by atomic mass is 32.2. The van der Waals surface area contributed by atoms with Gasteiger partial charge >= 0.3 is 12.1 Å². The summed E-state index contributed by atoms with van der Waals surface area (Å²) in [7, 11) is 2.91. The van der Waals surface area contributed by atoms with Crippen LogP contribution in [0.2, 0.25) is 0 Å². The van der Waals surface area contributed by atoms with Gasteiger partial charge in [-0.1, -0.05) is 30.3 Å².